The third-order valence-electron chi connectivity index (χ3n) is 5.16. The molecule has 1 N–H and O–H groups in total. The largest absolute Gasteiger partial charge is 0.333 e. The molecule has 2 fully saturated rings. The number of amides is 1. The summed E-state index contributed by atoms with van der Waals surface area (Å²) in [5.41, 5.74) is 1.47. The van der Waals surface area contributed by atoms with Gasteiger partial charge in [0, 0.05) is 18.6 Å². The summed E-state index contributed by atoms with van der Waals surface area (Å²) < 4.78 is 0. The lowest BCUT2D eigenvalue weighted by molar-refractivity contribution is 0.0658. The third kappa shape index (κ3) is 2.70. The lowest BCUT2D eigenvalue weighted by atomic mass is 10.0. The molecule has 2 aromatic heterocycles. The summed E-state index contributed by atoms with van der Waals surface area (Å²) in [4.78, 5) is 18.5. The van der Waals surface area contributed by atoms with Gasteiger partial charge in [-0.1, -0.05) is 6.07 Å². The van der Waals surface area contributed by atoms with E-state index in [4.69, 9.17) is 0 Å². The van der Waals surface area contributed by atoms with Crippen molar-refractivity contribution >= 4 is 17.2 Å². The van der Waals surface area contributed by atoms with E-state index in [0.29, 0.717) is 17.8 Å². The normalized spacial score (nSPS) is 25.3. The number of nitrogens with zero attached hydrogens (tertiary/aromatic N) is 3. The number of thiophene rings is 1. The fraction of sp³-hybridized carbons (Fsp3) is 0.529. The van der Waals surface area contributed by atoms with Gasteiger partial charge in [0.25, 0.3) is 5.91 Å². The monoisotopic (exact) mass is 330 g/mol. The van der Waals surface area contributed by atoms with Crippen molar-refractivity contribution in [3.05, 3.63) is 29.3 Å². The molecule has 122 valence electrons. The number of likely N-dealkylation sites (tertiary alicyclic amines) is 2. The first-order chi connectivity index (χ1) is 11.2. The molecular weight excluding hydrogens is 308 g/mol. The molecule has 5 nitrogen and oxygen atoms in total. The van der Waals surface area contributed by atoms with Crippen LogP contribution in [0.5, 0.6) is 0 Å². The van der Waals surface area contributed by atoms with E-state index >= 15 is 0 Å². The molecule has 4 heterocycles. The zero-order chi connectivity index (χ0) is 15.8. The van der Waals surface area contributed by atoms with Crippen molar-refractivity contribution in [1.82, 2.24) is 20.0 Å². The molecular formula is C17H22N4OS. The average Bonchev–Trinajstić information content (AvgIpc) is 3.31. The maximum atomic E-state index is 12.9. The van der Waals surface area contributed by atoms with Crippen molar-refractivity contribution < 1.29 is 4.79 Å². The van der Waals surface area contributed by atoms with Gasteiger partial charge < -0.3 is 9.80 Å². The highest BCUT2D eigenvalue weighted by Crippen LogP contribution is 2.30. The molecule has 0 bridgehead atoms. The summed E-state index contributed by atoms with van der Waals surface area (Å²) >= 11 is 1.65. The maximum absolute atomic E-state index is 12.9. The molecule has 2 aliphatic heterocycles. The Balaban J connectivity index is 1.54. The van der Waals surface area contributed by atoms with Crippen LogP contribution in [0, 0.1) is 0 Å². The van der Waals surface area contributed by atoms with E-state index in [1.165, 1.54) is 12.8 Å². The van der Waals surface area contributed by atoms with E-state index in [1.54, 1.807) is 11.3 Å². The molecule has 0 saturated carbocycles. The van der Waals surface area contributed by atoms with E-state index < -0.39 is 0 Å². The van der Waals surface area contributed by atoms with Crippen molar-refractivity contribution in [2.75, 3.05) is 20.1 Å². The van der Waals surface area contributed by atoms with Crippen LogP contribution in [0.1, 0.15) is 36.2 Å². The van der Waals surface area contributed by atoms with Crippen LogP contribution in [0.4, 0.5) is 0 Å². The maximum Gasteiger partial charge on any atom is 0.274 e. The number of carbonyl (C=O) groups excluding carboxylic acids is 1. The summed E-state index contributed by atoms with van der Waals surface area (Å²) in [6, 6.07) is 6.80. The Kier molecular flexibility index (Phi) is 3.95. The minimum atomic E-state index is 0.0758. The lowest BCUT2D eigenvalue weighted by Crippen LogP contribution is -2.47. The molecule has 0 aromatic carbocycles. The second kappa shape index (κ2) is 6.09. The minimum absolute atomic E-state index is 0.0758. The smallest absolute Gasteiger partial charge is 0.274 e. The highest BCUT2D eigenvalue weighted by molar-refractivity contribution is 7.13. The van der Waals surface area contributed by atoms with Crippen LogP contribution >= 0.6 is 11.3 Å². The van der Waals surface area contributed by atoms with Gasteiger partial charge in [-0.15, -0.1) is 11.3 Å². The molecule has 4 rings (SSSR count). The number of H-pyrrole nitrogens is 1. The van der Waals surface area contributed by atoms with Crippen LogP contribution < -0.4 is 0 Å². The summed E-state index contributed by atoms with van der Waals surface area (Å²) in [6.45, 7) is 2.00. The number of hydrogen-bond acceptors (Lipinski definition) is 4. The highest BCUT2D eigenvalue weighted by Gasteiger charge is 2.39. The zero-order valence-electron chi connectivity index (χ0n) is 13.4. The van der Waals surface area contributed by atoms with Crippen LogP contribution in [0.25, 0.3) is 10.6 Å². The predicted molar refractivity (Wildman–Crippen MR) is 91.6 cm³/mol. The summed E-state index contributed by atoms with van der Waals surface area (Å²) in [7, 11) is 2.18. The van der Waals surface area contributed by atoms with Crippen LogP contribution in [0.3, 0.4) is 0 Å². The van der Waals surface area contributed by atoms with Gasteiger partial charge >= 0.3 is 0 Å². The Hall–Kier alpha value is -1.66. The second-order valence-electron chi connectivity index (χ2n) is 6.54. The van der Waals surface area contributed by atoms with E-state index in [9.17, 15) is 4.79 Å². The molecule has 2 saturated heterocycles. The van der Waals surface area contributed by atoms with Gasteiger partial charge in [0.15, 0.2) is 5.69 Å². The Morgan fingerprint density at radius 3 is 2.87 bits per heavy atom. The number of rotatable bonds is 3. The number of likely N-dealkylation sites (N-methyl/N-ethyl adjacent to an activating group) is 1. The van der Waals surface area contributed by atoms with Gasteiger partial charge in [0.05, 0.1) is 10.6 Å². The number of carbonyl (C=O) groups is 1. The molecule has 0 radical (unpaired) electrons. The standard InChI is InChI=1S/C17H22N4OS/c1-20-8-2-5-14(20)15-6-3-9-21(15)17(22)13-11-12(18-19-13)16-7-4-10-23-16/h4,7,10-11,14-15H,2-3,5-6,8-9H2,1H3,(H,18,19)/t14-,15-/m1/s1. The quantitative estimate of drug-likeness (QED) is 0.941. The molecule has 0 unspecified atom stereocenters. The Morgan fingerprint density at radius 2 is 2.13 bits per heavy atom. The van der Waals surface area contributed by atoms with Crippen molar-refractivity contribution in [3.63, 3.8) is 0 Å². The topological polar surface area (TPSA) is 52.2 Å². The average molecular weight is 330 g/mol. The van der Waals surface area contributed by atoms with Crippen LogP contribution in [0.2, 0.25) is 0 Å². The second-order valence-corrected chi connectivity index (χ2v) is 7.49. The van der Waals surface area contributed by atoms with E-state index in [-0.39, 0.29) is 5.91 Å². The number of aromatic amines is 1. The predicted octanol–water partition coefficient (Wildman–Crippen LogP) is 2.84. The van der Waals surface area contributed by atoms with Crippen molar-refractivity contribution in [2.24, 2.45) is 0 Å². The van der Waals surface area contributed by atoms with Crippen LogP contribution in [-0.2, 0) is 0 Å². The number of hydrogen-bond donors (Lipinski definition) is 1. The zero-order valence-corrected chi connectivity index (χ0v) is 14.2. The van der Waals surface area contributed by atoms with Gasteiger partial charge in [0.2, 0.25) is 0 Å². The van der Waals surface area contributed by atoms with Gasteiger partial charge in [-0.3, -0.25) is 9.89 Å². The summed E-state index contributed by atoms with van der Waals surface area (Å²) in [5.74, 6) is 0.0758. The molecule has 0 spiro atoms. The summed E-state index contributed by atoms with van der Waals surface area (Å²) in [6.07, 6.45) is 4.66. The van der Waals surface area contributed by atoms with Gasteiger partial charge in [0.1, 0.15) is 0 Å². The van der Waals surface area contributed by atoms with Crippen molar-refractivity contribution in [2.45, 2.75) is 37.8 Å². The van der Waals surface area contributed by atoms with Crippen molar-refractivity contribution in [3.8, 4) is 10.6 Å². The molecule has 1 amide bonds. The van der Waals surface area contributed by atoms with E-state index in [1.807, 2.05) is 23.6 Å². The third-order valence-corrected chi connectivity index (χ3v) is 6.07. The molecule has 2 aromatic rings. The van der Waals surface area contributed by atoms with Crippen molar-refractivity contribution in [1.29, 1.82) is 0 Å². The van der Waals surface area contributed by atoms with Crippen LogP contribution in [0.15, 0.2) is 23.6 Å². The first kappa shape index (κ1) is 14.9. The molecule has 2 atom stereocenters. The first-order valence-electron chi connectivity index (χ1n) is 8.34. The first-order valence-corrected chi connectivity index (χ1v) is 9.22. The molecule has 23 heavy (non-hydrogen) atoms. The fourth-order valence-corrected chi connectivity index (χ4v) is 4.70. The Morgan fingerprint density at radius 1 is 1.30 bits per heavy atom. The van der Waals surface area contributed by atoms with Crippen LogP contribution in [-0.4, -0.2) is 58.1 Å². The van der Waals surface area contributed by atoms with E-state index in [2.05, 4.69) is 27.0 Å². The number of nitrogens with one attached hydrogen (secondary N) is 1. The van der Waals surface area contributed by atoms with Gasteiger partial charge in [-0.25, -0.2) is 0 Å². The fourth-order valence-electron chi connectivity index (χ4n) is 4.00. The SMILES string of the molecule is CN1CCC[C@@H]1[C@H]1CCCN1C(=O)c1cc(-c2cccs2)[nH]n1. The van der Waals surface area contributed by atoms with Gasteiger partial charge in [-0.2, -0.15) is 5.10 Å². The highest BCUT2D eigenvalue weighted by atomic mass is 32.1. The molecule has 0 aliphatic carbocycles. The van der Waals surface area contributed by atoms with E-state index in [0.717, 1.165) is 36.5 Å². The summed E-state index contributed by atoms with van der Waals surface area (Å²) in [5, 5.41) is 9.31. The Labute approximate surface area is 140 Å². The lowest BCUT2D eigenvalue weighted by Gasteiger charge is -2.32. The minimum Gasteiger partial charge on any atom is -0.333 e. The molecule has 2 aliphatic rings. The Bertz CT molecular complexity index is 681. The van der Waals surface area contributed by atoms with Gasteiger partial charge in [-0.05, 0) is 56.8 Å². The molecule has 6 heteroatoms. The number of aromatic nitrogens is 2.